The van der Waals surface area contributed by atoms with Crippen LogP contribution in [0.15, 0.2) is 12.1 Å². The van der Waals surface area contributed by atoms with Crippen LogP contribution in [0.2, 0.25) is 0 Å². The molecule has 1 unspecified atom stereocenters. The lowest BCUT2D eigenvalue weighted by molar-refractivity contribution is -0.126. The van der Waals surface area contributed by atoms with Gasteiger partial charge in [0.05, 0.1) is 11.5 Å². The van der Waals surface area contributed by atoms with Crippen LogP contribution >= 0.6 is 0 Å². The zero-order valence-electron chi connectivity index (χ0n) is 14.1. The fourth-order valence-electron chi connectivity index (χ4n) is 3.42. The molecule has 0 aliphatic carbocycles. The van der Waals surface area contributed by atoms with E-state index in [0.717, 1.165) is 51.1 Å². The van der Waals surface area contributed by atoms with Crippen molar-refractivity contribution in [2.75, 3.05) is 31.2 Å². The average molecular weight is 328 g/mol. The minimum Gasteiger partial charge on any atom is -0.381 e. The van der Waals surface area contributed by atoms with Crippen LogP contribution < -0.4 is 10.2 Å². The van der Waals surface area contributed by atoms with E-state index < -0.39 is 0 Å². The molecule has 1 N–H and O–H groups in total. The van der Waals surface area contributed by atoms with Crippen molar-refractivity contribution in [2.24, 2.45) is 5.92 Å². The van der Waals surface area contributed by atoms with Gasteiger partial charge in [-0.3, -0.25) is 4.79 Å². The van der Waals surface area contributed by atoms with E-state index in [1.807, 2.05) is 19.1 Å². The van der Waals surface area contributed by atoms with Crippen molar-refractivity contribution in [1.29, 1.82) is 5.26 Å². The number of pyridine rings is 1. The molecule has 1 aromatic heterocycles. The van der Waals surface area contributed by atoms with Gasteiger partial charge in [0.25, 0.3) is 0 Å². The Kier molecular flexibility index (Phi) is 5.31. The molecule has 6 heteroatoms. The first-order chi connectivity index (χ1) is 11.7. The summed E-state index contributed by atoms with van der Waals surface area (Å²) >= 11 is 0. The van der Waals surface area contributed by atoms with Crippen molar-refractivity contribution in [3.8, 4) is 6.07 Å². The number of nitriles is 1. The van der Waals surface area contributed by atoms with Gasteiger partial charge in [-0.1, -0.05) is 0 Å². The number of hydrogen-bond acceptors (Lipinski definition) is 5. The first-order valence-corrected chi connectivity index (χ1v) is 8.68. The summed E-state index contributed by atoms with van der Waals surface area (Å²) in [7, 11) is 0. The number of anilines is 1. The van der Waals surface area contributed by atoms with Gasteiger partial charge in [-0.15, -0.1) is 0 Å². The van der Waals surface area contributed by atoms with Gasteiger partial charge in [0.2, 0.25) is 5.91 Å². The van der Waals surface area contributed by atoms with E-state index >= 15 is 0 Å². The number of aromatic nitrogens is 1. The molecule has 3 rings (SSSR count). The Morgan fingerprint density at radius 1 is 1.38 bits per heavy atom. The minimum absolute atomic E-state index is 0.0459. The summed E-state index contributed by atoms with van der Waals surface area (Å²) in [5.74, 6) is 0.786. The van der Waals surface area contributed by atoms with E-state index in [1.165, 1.54) is 0 Å². The molecule has 2 saturated heterocycles. The second kappa shape index (κ2) is 7.63. The lowest BCUT2D eigenvalue weighted by Gasteiger charge is -2.34. The van der Waals surface area contributed by atoms with E-state index in [9.17, 15) is 10.1 Å². The summed E-state index contributed by atoms with van der Waals surface area (Å²) in [4.78, 5) is 19.2. The summed E-state index contributed by atoms with van der Waals surface area (Å²) in [5, 5.41) is 12.5. The molecule has 6 nitrogen and oxygen atoms in total. The highest BCUT2D eigenvalue weighted by molar-refractivity contribution is 5.80. The smallest absolute Gasteiger partial charge is 0.225 e. The van der Waals surface area contributed by atoms with Crippen LogP contribution in [-0.2, 0) is 9.53 Å². The van der Waals surface area contributed by atoms with Gasteiger partial charge in [-0.25, -0.2) is 4.98 Å². The van der Waals surface area contributed by atoms with Gasteiger partial charge in [0, 0.05) is 38.0 Å². The Morgan fingerprint density at radius 3 is 2.92 bits per heavy atom. The van der Waals surface area contributed by atoms with Crippen molar-refractivity contribution >= 4 is 11.7 Å². The van der Waals surface area contributed by atoms with Gasteiger partial charge in [0.15, 0.2) is 0 Å². The first kappa shape index (κ1) is 16.7. The maximum atomic E-state index is 12.6. The maximum Gasteiger partial charge on any atom is 0.225 e. The normalized spacial score (nSPS) is 22.0. The molecular weight excluding hydrogens is 304 g/mol. The van der Waals surface area contributed by atoms with Crippen LogP contribution in [0.1, 0.15) is 36.9 Å². The van der Waals surface area contributed by atoms with Crippen LogP contribution in [0.3, 0.4) is 0 Å². The highest BCUT2D eigenvalue weighted by Gasteiger charge is 2.29. The Balaban J connectivity index is 1.67. The number of amides is 1. The summed E-state index contributed by atoms with van der Waals surface area (Å²) < 4.78 is 5.34. The third kappa shape index (κ3) is 3.85. The van der Waals surface area contributed by atoms with Gasteiger partial charge >= 0.3 is 0 Å². The Hall–Kier alpha value is -2.13. The molecule has 2 aliphatic heterocycles. The van der Waals surface area contributed by atoms with E-state index in [-0.39, 0.29) is 17.9 Å². The molecule has 2 aliphatic rings. The van der Waals surface area contributed by atoms with E-state index in [1.54, 1.807) is 0 Å². The van der Waals surface area contributed by atoms with E-state index in [0.29, 0.717) is 17.9 Å². The molecule has 0 saturated carbocycles. The van der Waals surface area contributed by atoms with E-state index in [4.69, 9.17) is 4.74 Å². The SMILES string of the molecule is Cc1ccc(C#N)c(N2CCCC(C(=O)NC3CCOCC3)C2)n1. The number of ether oxygens (including phenoxy) is 1. The molecule has 0 aromatic carbocycles. The Bertz CT molecular complexity index is 634. The maximum absolute atomic E-state index is 12.6. The summed E-state index contributed by atoms with van der Waals surface area (Å²) in [5.41, 5.74) is 1.46. The predicted octanol–water partition coefficient (Wildman–Crippen LogP) is 1.77. The van der Waals surface area contributed by atoms with Crippen molar-refractivity contribution < 1.29 is 9.53 Å². The van der Waals surface area contributed by atoms with E-state index in [2.05, 4.69) is 21.3 Å². The highest BCUT2D eigenvalue weighted by atomic mass is 16.5. The predicted molar refractivity (Wildman–Crippen MR) is 90.6 cm³/mol. The molecular formula is C18H24N4O2. The molecule has 2 fully saturated rings. The number of aryl methyl sites for hydroxylation is 1. The average Bonchev–Trinajstić information content (AvgIpc) is 2.62. The third-order valence-electron chi connectivity index (χ3n) is 4.79. The molecule has 0 bridgehead atoms. The molecule has 1 aromatic rings. The lowest BCUT2D eigenvalue weighted by Crippen LogP contribution is -2.47. The molecule has 3 heterocycles. The van der Waals surface area contributed by atoms with Crippen LogP contribution in [0.4, 0.5) is 5.82 Å². The van der Waals surface area contributed by atoms with Gasteiger partial charge < -0.3 is 15.0 Å². The molecule has 128 valence electrons. The number of nitrogens with one attached hydrogen (secondary N) is 1. The van der Waals surface area contributed by atoms with Crippen LogP contribution in [0.5, 0.6) is 0 Å². The van der Waals surface area contributed by atoms with Crippen molar-refractivity contribution in [3.05, 3.63) is 23.4 Å². The number of carbonyl (C=O) groups excluding carboxylic acids is 1. The molecule has 24 heavy (non-hydrogen) atoms. The number of rotatable bonds is 3. The zero-order valence-corrected chi connectivity index (χ0v) is 14.1. The molecule has 1 amide bonds. The quantitative estimate of drug-likeness (QED) is 0.915. The monoisotopic (exact) mass is 328 g/mol. The topological polar surface area (TPSA) is 78.2 Å². The van der Waals surface area contributed by atoms with Crippen LogP contribution in [0, 0.1) is 24.2 Å². The number of piperidine rings is 1. The van der Waals surface area contributed by atoms with Gasteiger partial charge in [-0.2, -0.15) is 5.26 Å². The molecule has 0 spiro atoms. The number of carbonyl (C=O) groups is 1. The fraction of sp³-hybridized carbons (Fsp3) is 0.611. The summed E-state index contributed by atoms with van der Waals surface area (Å²) in [6.45, 7) is 4.83. The summed E-state index contributed by atoms with van der Waals surface area (Å²) in [6.07, 6.45) is 3.60. The zero-order chi connectivity index (χ0) is 16.9. The first-order valence-electron chi connectivity index (χ1n) is 8.68. The van der Waals surface area contributed by atoms with Gasteiger partial charge in [-0.05, 0) is 44.7 Å². The standard InChI is InChI=1S/C18H24N4O2/c1-13-4-5-14(11-19)17(20-13)22-8-2-3-15(12-22)18(23)21-16-6-9-24-10-7-16/h4-5,15-16H,2-3,6-10,12H2,1H3,(H,21,23). The van der Waals surface area contributed by atoms with Gasteiger partial charge in [0.1, 0.15) is 11.9 Å². The Morgan fingerprint density at radius 2 is 2.17 bits per heavy atom. The third-order valence-corrected chi connectivity index (χ3v) is 4.79. The number of nitrogens with zero attached hydrogens (tertiary/aromatic N) is 3. The fourth-order valence-corrected chi connectivity index (χ4v) is 3.42. The van der Waals surface area contributed by atoms with Crippen molar-refractivity contribution in [2.45, 2.75) is 38.6 Å². The minimum atomic E-state index is -0.0459. The highest BCUT2D eigenvalue weighted by Crippen LogP contribution is 2.25. The summed E-state index contributed by atoms with van der Waals surface area (Å²) in [6, 6.07) is 6.10. The second-order valence-electron chi connectivity index (χ2n) is 6.62. The number of hydrogen-bond donors (Lipinski definition) is 1. The lowest BCUT2D eigenvalue weighted by atomic mass is 9.96. The van der Waals surface area contributed by atoms with Crippen LogP contribution in [0.25, 0.3) is 0 Å². The second-order valence-corrected chi connectivity index (χ2v) is 6.62. The van der Waals surface area contributed by atoms with Crippen molar-refractivity contribution in [3.63, 3.8) is 0 Å². The largest absolute Gasteiger partial charge is 0.381 e. The van der Waals surface area contributed by atoms with Crippen molar-refractivity contribution in [1.82, 2.24) is 10.3 Å². The Labute approximate surface area is 142 Å². The molecule has 1 atom stereocenters. The molecule has 0 radical (unpaired) electrons. The van der Waals surface area contributed by atoms with Crippen LogP contribution in [-0.4, -0.2) is 43.2 Å².